The van der Waals surface area contributed by atoms with E-state index >= 15 is 0 Å². The van der Waals surface area contributed by atoms with E-state index in [9.17, 15) is 0 Å². The smallest absolute Gasteiger partial charge is 0.134 e. The van der Waals surface area contributed by atoms with Gasteiger partial charge < -0.3 is 5.32 Å². The fourth-order valence-electron chi connectivity index (χ4n) is 2.22. The first-order valence-electron chi connectivity index (χ1n) is 6.56. The molecule has 1 aromatic heterocycles. The van der Waals surface area contributed by atoms with Gasteiger partial charge in [0.25, 0.3) is 0 Å². The third kappa shape index (κ3) is 2.65. The van der Waals surface area contributed by atoms with Gasteiger partial charge in [0.15, 0.2) is 0 Å². The molecule has 0 aromatic carbocycles. The average molecular weight is 233 g/mol. The highest BCUT2D eigenvalue weighted by atomic mass is 14.9. The van der Waals surface area contributed by atoms with Crippen LogP contribution < -0.4 is 5.32 Å². The minimum atomic E-state index is 0.277. The van der Waals surface area contributed by atoms with Crippen molar-refractivity contribution in [3.63, 3.8) is 0 Å². The number of hydrogen-bond donors (Lipinski definition) is 1. The molecular weight excluding hydrogens is 210 g/mol. The van der Waals surface area contributed by atoms with E-state index in [0.717, 1.165) is 25.2 Å². The summed E-state index contributed by atoms with van der Waals surface area (Å²) in [5, 5.41) is 3.18. The number of nitrogens with one attached hydrogen (secondary N) is 1. The largest absolute Gasteiger partial charge is 0.320 e. The topological polar surface area (TPSA) is 37.8 Å². The van der Waals surface area contributed by atoms with Crippen LogP contribution in [-0.2, 0) is 11.8 Å². The molecule has 1 heterocycles. The van der Waals surface area contributed by atoms with Gasteiger partial charge in [-0.2, -0.15) is 0 Å². The van der Waals surface area contributed by atoms with Crippen LogP contribution in [0.15, 0.2) is 0 Å². The molecule has 1 fully saturated rings. The van der Waals surface area contributed by atoms with E-state index in [2.05, 4.69) is 26.1 Å². The first kappa shape index (κ1) is 12.5. The molecule has 1 aliphatic carbocycles. The molecule has 1 aromatic rings. The van der Waals surface area contributed by atoms with E-state index in [4.69, 9.17) is 9.97 Å². The van der Waals surface area contributed by atoms with Crippen LogP contribution in [0.1, 0.15) is 49.0 Å². The SMILES string of the molecule is CNCCCc1c(C)nc(C2(C)CC2)nc1C. The van der Waals surface area contributed by atoms with Crippen LogP contribution in [0.5, 0.6) is 0 Å². The van der Waals surface area contributed by atoms with Crippen LogP contribution in [0.25, 0.3) is 0 Å². The van der Waals surface area contributed by atoms with Crippen molar-refractivity contribution in [3.8, 4) is 0 Å². The third-order valence-electron chi connectivity index (χ3n) is 3.81. The van der Waals surface area contributed by atoms with Crippen molar-refractivity contribution in [3.05, 3.63) is 22.8 Å². The molecule has 2 rings (SSSR count). The summed E-state index contributed by atoms with van der Waals surface area (Å²) in [6.45, 7) is 7.57. The van der Waals surface area contributed by atoms with Crippen LogP contribution in [-0.4, -0.2) is 23.6 Å². The molecule has 0 atom stereocenters. The lowest BCUT2D eigenvalue weighted by molar-refractivity contribution is 0.676. The Morgan fingerprint density at radius 1 is 1.18 bits per heavy atom. The summed E-state index contributed by atoms with van der Waals surface area (Å²) < 4.78 is 0. The zero-order chi connectivity index (χ0) is 12.5. The molecule has 1 saturated carbocycles. The van der Waals surface area contributed by atoms with E-state index in [0.29, 0.717) is 0 Å². The van der Waals surface area contributed by atoms with Crippen molar-refractivity contribution in [2.45, 2.75) is 51.9 Å². The Morgan fingerprint density at radius 3 is 2.24 bits per heavy atom. The monoisotopic (exact) mass is 233 g/mol. The summed E-state index contributed by atoms with van der Waals surface area (Å²) in [5.74, 6) is 1.06. The Balaban J connectivity index is 2.17. The molecule has 0 saturated heterocycles. The van der Waals surface area contributed by atoms with Gasteiger partial charge in [-0.1, -0.05) is 6.92 Å². The minimum absolute atomic E-state index is 0.277. The number of nitrogens with zero attached hydrogens (tertiary/aromatic N) is 2. The Labute approximate surface area is 104 Å². The molecule has 1 N–H and O–H groups in total. The summed E-state index contributed by atoms with van der Waals surface area (Å²) in [7, 11) is 1.99. The van der Waals surface area contributed by atoms with E-state index in [1.165, 1.54) is 29.8 Å². The molecule has 3 heteroatoms. The zero-order valence-electron chi connectivity index (χ0n) is 11.4. The highest BCUT2D eigenvalue weighted by molar-refractivity contribution is 5.28. The highest BCUT2D eigenvalue weighted by Gasteiger charge is 2.42. The Bertz CT molecular complexity index is 385. The van der Waals surface area contributed by atoms with Gasteiger partial charge in [-0.25, -0.2) is 9.97 Å². The standard InChI is InChI=1S/C14H23N3/c1-10-12(6-5-9-15-4)11(2)17-13(16-10)14(3)7-8-14/h15H,5-9H2,1-4H3. The maximum absolute atomic E-state index is 4.71. The number of aryl methyl sites for hydroxylation is 2. The summed E-state index contributed by atoms with van der Waals surface area (Å²) in [6, 6.07) is 0. The predicted octanol–water partition coefficient (Wildman–Crippen LogP) is 2.30. The highest BCUT2D eigenvalue weighted by Crippen LogP contribution is 2.46. The molecule has 0 bridgehead atoms. The van der Waals surface area contributed by atoms with Gasteiger partial charge in [0.1, 0.15) is 5.82 Å². The molecule has 3 nitrogen and oxygen atoms in total. The van der Waals surface area contributed by atoms with Gasteiger partial charge in [0, 0.05) is 16.8 Å². The minimum Gasteiger partial charge on any atom is -0.320 e. The fraction of sp³-hybridized carbons (Fsp3) is 0.714. The maximum Gasteiger partial charge on any atom is 0.134 e. The molecule has 94 valence electrons. The van der Waals surface area contributed by atoms with Gasteiger partial charge in [0.05, 0.1) is 0 Å². The van der Waals surface area contributed by atoms with Crippen molar-refractivity contribution < 1.29 is 0 Å². The quantitative estimate of drug-likeness (QED) is 0.793. The first-order chi connectivity index (χ1) is 8.07. The Kier molecular flexibility index (Phi) is 3.48. The van der Waals surface area contributed by atoms with E-state index < -0.39 is 0 Å². The number of rotatable bonds is 5. The average Bonchev–Trinajstić information content (AvgIpc) is 3.02. The predicted molar refractivity (Wildman–Crippen MR) is 70.3 cm³/mol. The third-order valence-corrected chi connectivity index (χ3v) is 3.81. The van der Waals surface area contributed by atoms with Gasteiger partial charge in [-0.15, -0.1) is 0 Å². The number of hydrogen-bond acceptors (Lipinski definition) is 3. The first-order valence-corrected chi connectivity index (χ1v) is 6.56. The lowest BCUT2D eigenvalue weighted by Crippen LogP contribution is -2.14. The van der Waals surface area contributed by atoms with Gasteiger partial charge >= 0.3 is 0 Å². The van der Waals surface area contributed by atoms with E-state index in [1.54, 1.807) is 0 Å². The molecule has 0 aliphatic heterocycles. The van der Waals surface area contributed by atoms with E-state index in [1.807, 2.05) is 7.05 Å². The molecular formula is C14H23N3. The van der Waals surface area contributed by atoms with Crippen molar-refractivity contribution in [1.29, 1.82) is 0 Å². The summed E-state index contributed by atoms with van der Waals surface area (Å²) in [4.78, 5) is 9.43. The van der Waals surface area contributed by atoms with Gasteiger partial charge in [-0.3, -0.25) is 0 Å². The summed E-state index contributed by atoms with van der Waals surface area (Å²) in [5.41, 5.74) is 3.97. The van der Waals surface area contributed by atoms with Crippen LogP contribution >= 0.6 is 0 Å². The van der Waals surface area contributed by atoms with Gasteiger partial charge in [0.2, 0.25) is 0 Å². The fourth-order valence-corrected chi connectivity index (χ4v) is 2.22. The van der Waals surface area contributed by atoms with Crippen molar-refractivity contribution in [2.24, 2.45) is 0 Å². The van der Waals surface area contributed by atoms with Crippen LogP contribution in [0.4, 0.5) is 0 Å². The summed E-state index contributed by atoms with van der Waals surface area (Å²) >= 11 is 0. The van der Waals surface area contributed by atoms with Crippen LogP contribution in [0.3, 0.4) is 0 Å². The maximum atomic E-state index is 4.71. The van der Waals surface area contributed by atoms with Crippen molar-refractivity contribution in [1.82, 2.24) is 15.3 Å². The second kappa shape index (κ2) is 4.73. The second-order valence-electron chi connectivity index (χ2n) is 5.46. The molecule has 0 spiro atoms. The number of aromatic nitrogens is 2. The Hall–Kier alpha value is -0.960. The van der Waals surface area contributed by atoms with E-state index in [-0.39, 0.29) is 5.41 Å². The second-order valence-corrected chi connectivity index (χ2v) is 5.46. The zero-order valence-corrected chi connectivity index (χ0v) is 11.4. The molecule has 17 heavy (non-hydrogen) atoms. The molecule has 0 radical (unpaired) electrons. The lowest BCUT2D eigenvalue weighted by Gasteiger charge is -2.13. The van der Waals surface area contributed by atoms with Crippen molar-refractivity contribution in [2.75, 3.05) is 13.6 Å². The molecule has 0 unspecified atom stereocenters. The van der Waals surface area contributed by atoms with Gasteiger partial charge in [-0.05, 0) is 58.7 Å². The summed E-state index contributed by atoms with van der Waals surface area (Å²) in [6.07, 6.45) is 4.71. The molecule has 1 aliphatic rings. The van der Waals surface area contributed by atoms with Crippen molar-refractivity contribution >= 4 is 0 Å². The van der Waals surface area contributed by atoms with Crippen LogP contribution in [0.2, 0.25) is 0 Å². The lowest BCUT2D eigenvalue weighted by atomic mass is 10.0. The Morgan fingerprint density at radius 2 is 1.76 bits per heavy atom. The van der Waals surface area contributed by atoms with Crippen LogP contribution in [0, 0.1) is 13.8 Å². The molecule has 0 amide bonds. The normalized spacial score (nSPS) is 17.2.